The van der Waals surface area contributed by atoms with Gasteiger partial charge < -0.3 is 10.6 Å². The van der Waals surface area contributed by atoms with Crippen LogP contribution in [-0.2, 0) is 0 Å². The topological polar surface area (TPSA) is 84.7 Å². The molecule has 2 N–H and O–H groups in total. The smallest absolute Gasteiger partial charge is 0.271 e. The SMILES string of the molecule is Cc1cnc(NC2CCCCC2)nc1-n1cnc(C(=O)NCC(SF)c2cccc(Cl)c2)c1. The van der Waals surface area contributed by atoms with Crippen LogP contribution in [0.15, 0.2) is 43.0 Å². The number of aryl methyl sites for hydroxylation is 1. The maximum Gasteiger partial charge on any atom is 0.271 e. The van der Waals surface area contributed by atoms with Gasteiger partial charge in [-0.1, -0.05) is 43.0 Å². The molecule has 1 aliphatic rings. The zero-order valence-electron chi connectivity index (χ0n) is 18.3. The van der Waals surface area contributed by atoms with Crippen LogP contribution in [0.2, 0.25) is 5.02 Å². The summed E-state index contributed by atoms with van der Waals surface area (Å²) in [5.74, 6) is 0.847. The van der Waals surface area contributed by atoms with E-state index in [-0.39, 0.29) is 30.3 Å². The lowest BCUT2D eigenvalue weighted by atomic mass is 9.96. The van der Waals surface area contributed by atoms with Gasteiger partial charge in [-0.3, -0.25) is 9.36 Å². The third kappa shape index (κ3) is 6.03. The number of nitrogens with one attached hydrogen (secondary N) is 2. The van der Waals surface area contributed by atoms with E-state index in [2.05, 4.69) is 25.6 Å². The van der Waals surface area contributed by atoms with E-state index in [1.807, 2.05) is 6.92 Å². The van der Waals surface area contributed by atoms with Crippen LogP contribution in [0.25, 0.3) is 5.82 Å². The Kier molecular flexibility index (Phi) is 7.82. The molecule has 0 bridgehead atoms. The molecule has 1 fully saturated rings. The summed E-state index contributed by atoms with van der Waals surface area (Å²) in [7, 11) is 0. The van der Waals surface area contributed by atoms with E-state index in [1.54, 1.807) is 47.6 Å². The van der Waals surface area contributed by atoms with Crippen LogP contribution in [0.4, 0.5) is 9.83 Å². The minimum absolute atomic E-state index is 0.106. The molecule has 7 nitrogen and oxygen atoms in total. The number of imidazole rings is 1. The number of hydrogen-bond acceptors (Lipinski definition) is 6. The van der Waals surface area contributed by atoms with Gasteiger partial charge in [-0.05, 0) is 37.5 Å². The molecule has 1 saturated carbocycles. The van der Waals surface area contributed by atoms with Crippen LogP contribution in [0, 0.1) is 6.92 Å². The maximum atomic E-state index is 13.5. The highest BCUT2D eigenvalue weighted by atomic mass is 35.5. The van der Waals surface area contributed by atoms with Crippen LogP contribution in [0.5, 0.6) is 0 Å². The van der Waals surface area contributed by atoms with Gasteiger partial charge in [0.1, 0.15) is 17.8 Å². The lowest BCUT2D eigenvalue weighted by molar-refractivity contribution is 0.0949. The lowest BCUT2D eigenvalue weighted by Gasteiger charge is -2.23. The van der Waals surface area contributed by atoms with Crippen LogP contribution < -0.4 is 10.6 Å². The number of nitrogens with zero attached hydrogens (tertiary/aromatic N) is 4. The Morgan fingerprint density at radius 3 is 2.88 bits per heavy atom. The lowest BCUT2D eigenvalue weighted by Crippen LogP contribution is -2.27. The molecule has 1 unspecified atom stereocenters. The Hall–Kier alpha value is -2.65. The number of aromatic nitrogens is 4. The van der Waals surface area contributed by atoms with E-state index in [1.165, 1.54) is 19.3 Å². The minimum atomic E-state index is -0.563. The van der Waals surface area contributed by atoms with Gasteiger partial charge in [0, 0.05) is 35.6 Å². The number of benzene rings is 1. The van der Waals surface area contributed by atoms with Crippen molar-refractivity contribution >= 4 is 35.6 Å². The van der Waals surface area contributed by atoms with E-state index in [0.717, 1.165) is 18.4 Å². The van der Waals surface area contributed by atoms with E-state index in [9.17, 15) is 8.68 Å². The highest BCUT2D eigenvalue weighted by Gasteiger charge is 2.18. The van der Waals surface area contributed by atoms with Gasteiger partial charge in [0.25, 0.3) is 5.91 Å². The van der Waals surface area contributed by atoms with E-state index in [4.69, 9.17) is 11.6 Å². The van der Waals surface area contributed by atoms with Crippen molar-refractivity contribution < 1.29 is 8.68 Å². The second-order valence-electron chi connectivity index (χ2n) is 8.19. The summed E-state index contributed by atoms with van der Waals surface area (Å²) in [6.07, 6.45) is 10.9. The van der Waals surface area contributed by atoms with Crippen molar-refractivity contribution in [3.63, 3.8) is 0 Å². The minimum Gasteiger partial charge on any atom is -0.351 e. The Labute approximate surface area is 201 Å². The fraction of sp³-hybridized carbons (Fsp3) is 0.391. The van der Waals surface area contributed by atoms with Crippen molar-refractivity contribution in [1.29, 1.82) is 0 Å². The third-order valence-corrected chi connectivity index (χ3v) is 6.61. The summed E-state index contributed by atoms with van der Waals surface area (Å²) < 4.78 is 15.2. The fourth-order valence-corrected chi connectivity index (χ4v) is 4.53. The predicted molar refractivity (Wildman–Crippen MR) is 130 cm³/mol. The maximum absolute atomic E-state index is 13.5. The van der Waals surface area contributed by atoms with Crippen LogP contribution in [-0.4, -0.2) is 38.0 Å². The van der Waals surface area contributed by atoms with Gasteiger partial charge in [-0.25, -0.2) is 9.97 Å². The number of amides is 1. The largest absolute Gasteiger partial charge is 0.351 e. The molecule has 0 aliphatic heterocycles. The number of halogens is 2. The summed E-state index contributed by atoms with van der Waals surface area (Å²) >= 11 is 6.16. The van der Waals surface area contributed by atoms with Crippen LogP contribution in [0.1, 0.15) is 59.0 Å². The Bertz CT molecular complexity index is 1100. The molecule has 0 radical (unpaired) electrons. The monoisotopic (exact) mass is 488 g/mol. The molecule has 174 valence electrons. The van der Waals surface area contributed by atoms with Crippen molar-refractivity contribution in [3.8, 4) is 5.82 Å². The molecule has 0 saturated heterocycles. The van der Waals surface area contributed by atoms with E-state index >= 15 is 0 Å². The average molecular weight is 489 g/mol. The zero-order chi connectivity index (χ0) is 23.2. The second-order valence-corrected chi connectivity index (χ2v) is 9.37. The standard InChI is InChI=1S/C23H26ClFN6OS/c1-15-11-27-23(29-18-8-3-2-4-9-18)30-21(15)31-13-19(28-14-31)22(32)26-12-20(33-25)16-6-5-7-17(24)10-16/h5-7,10-11,13-14,18,20H,2-4,8-9,12H2,1H3,(H,26,32)(H,27,29,30). The summed E-state index contributed by atoms with van der Waals surface area (Å²) in [5, 5.41) is 6.13. The first-order chi connectivity index (χ1) is 16.0. The van der Waals surface area contributed by atoms with E-state index < -0.39 is 5.25 Å². The number of hydrogen-bond donors (Lipinski definition) is 2. The molecular weight excluding hydrogens is 463 g/mol. The highest BCUT2D eigenvalue weighted by molar-refractivity contribution is 7.94. The molecule has 1 atom stereocenters. The molecule has 33 heavy (non-hydrogen) atoms. The first-order valence-electron chi connectivity index (χ1n) is 11.0. The Morgan fingerprint density at radius 1 is 1.30 bits per heavy atom. The molecule has 4 rings (SSSR count). The Morgan fingerprint density at radius 2 is 2.12 bits per heavy atom. The van der Waals surface area contributed by atoms with Crippen molar-refractivity contribution in [2.45, 2.75) is 50.3 Å². The van der Waals surface area contributed by atoms with Gasteiger partial charge in [-0.15, -0.1) is 0 Å². The van der Waals surface area contributed by atoms with Crippen molar-refractivity contribution in [2.75, 3.05) is 11.9 Å². The molecule has 1 aromatic carbocycles. The summed E-state index contributed by atoms with van der Waals surface area (Å²) in [5.41, 5.74) is 1.79. The van der Waals surface area contributed by atoms with Gasteiger partial charge in [0.05, 0.1) is 17.4 Å². The van der Waals surface area contributed by atoms with Crippen molar-refractivity contribution in [1.82, 2.24) is 24.8 Å². The number of carbonyl (C=O) groups is 1. The van der Waals surface area contributed by atoms with Gasteiger partial charge >= 0.3 is 0 Å². The first kappa shape index (κ1) is 23.5. The number of anilines is 1. The normalized spacial score (nSPS) is 15.2. The summed E-state index contributed by atoms with van der Waals surface area (Å²) in [6, 6.07) is 7.34. The molecule has 2 aromatic heterocycles. The quantitative estimate of drug-likeness (QED) is 0.438. The fourth-order valence-electron chi connectivity index (χ4n) is 3.93. The van der Waals surface area contributed by atoms with Crippen LogP contribution in [0.3, 0.4) is 0 Å². The molecule has 3 aromatic rings. The molecule has 1 amide bonds. The zero-order valence-corrected chi connectivity index (χ0v) is 19.9. The summed E-state index contributed by atoms with van der Waals surface area (Å²) in [4.78, 5) is 25.9. The van der Waals surface area contributed by atoms with E-state index in [0.29, 0.717) is 28.4 Å². The first-order valence-corrected chi connectivity index (χ1v) is 12.1. The van der Waals surface area contributed by atoms with Gasteiger partial charge in [0.2, 0.25) is 5.95 Å². The molecule has 0 spiro atoms. The number of rotatable bonds is 8. The van der Waals surface area contributed by atoms with Gasteiger partial charge in [-0.2, -0.15) is 8.87 Å². The predicted octanol–water partition coefficient (Wildman–Crippen LogP) is 5.46. The molecule has 10 heteroatoms. The average Bonchev–Trinajstić information content (AvgIpc) is 3.32. The number of carbonyl (C=O) groups excluding carboxylic acids is 1. The van der Waals surface area contributed by atoms with Crippen molar-refractivity contribution in [3.05, 3.63) is 64.8 Å². The molecule has 2 heterocycles. The molecule has 1 aliphatic carbocycles. The molecular formula is C23H26ClFN6OS. The third-order valence-electron chi connectivity index (χ3n) is 5.72. The Balaban J connectivity index is 1.42. The highest BCUT2D eigenvalue weighted by Crippen LogP contribution is 2.30. The summed E-state index contributed by atoms with van der Waals surface area (Å²) in [6.45, 7) is 2.02. The second kappa shape index (κ2) is 11.0. The van der Waals surface area contributed by atoms with Crippen LogP contribution >= 0.6 is 23.7 Å². The van der Waals surface area contributed by atoms with Gasteiger partial charge in [0.15, 0.2) is 0 Å². The van der Waals surface area contributed by atoms with Crippen molar-refractivity contribution in [2.24, 2.45) is 0 Å².